The summed E-state index contributed by atoms with van der Waals surface area (Å²) in [6.07, 6.45) is 1.38. The van der Waals surface area contributed by atoms with E-state index in [0.29, 0.717) is 23.4 Å². The Morgan fingerprint density at radius 3 is 2.09 bits per heavy atom. The standard InChI is InChI=1S/C23H22FN3O4S2/c1-16-3-5-18(6-4-16)23-15-22(17-7-11-20(12-8-17)26-32(2,28)29)25-27(23)33(30,31)21-13-9-19(24)10-14-21/h3-14,23,26H,15H2,1-2H3. The molecule has 7 nitrogen and oxygen atoms in total. The van der Waals surface area contributed by atoms with Crippen LogP contribution in [0.3, 0.4) is 0 Å². The van der Waals surface area contributed by atoms with Crippen LogP contribution in [-0.2, 0) is 20.0 Å². The van der Waals surface area contributed by atoms with Gasteiger partial charge < -0.3 is 0 Å². The van der Waals surface area contributed by atoms with Crippen molar-refractivity contribution in [3.05, 3.63) is 95.3 Å². The zero-order chi connectivity index (χ0) is 23.8. The fourth-order valence-corrected chi connectivity index (χ4v) is 5.58. The Hall–Kier alpha value is -3.24. The zero-order valence-electron chi connectivity index (χ0n) is 17.9. The van der Waals surface area contributed by atoms with Crippen molar-refractivity contribution in [2.45, 2.75) is 24.3 Å². The third kappa shape index (κ3) is 5.07. The molecule has 172 valence electrons. The average molecular weight is 488 g/mol. The molecule has 1 heterocycles. The second-order valence-corrected chi connectivity index (χ2v) is 11.4. The molecule has 1 atom stereocenters. The maximum Gasteiger partial charge on any atom is 0.279 e. The minimum Gasteiger partial charge on any atom is -0.284 e. The van der Waals surface area contributed by atoms with Crippen molar-refractivity contribution in [1.29, 1.82) is 0 Å². The van der Waals surface area contributed by atoms with E-state index in [1.165, 1.54) is 12.1 Å². The Morgan fingerprint density at radius 1 is 0.909 bits per heavy atom. The molecule has 10 heteroatoms. The van der Waals surface area contributed by atoms with Crippen molar-refractivity contribution in [3.8, 4) is 0 Å². The molecule has 1 aliphatic heterocycles. The number of anilines is 1. The van der Waals surface area contributed by atoms with Crippen LogP contribution in [-0.4, -0.2) is 33.2 Å². The lowest BCUT2D eigenvalue weighted by Crippen LogP contribution is -2.27. The van der Waals surface area contributed by atoms with E-state index in [0.717, 1.165) is 33.9 Å². The molecule has 1 N–H and O–H groups in total. The maximum absolute atomic E-state index is 13.4. The fourth-order valence-electron chi connectivity index (χ4n) is 3.58. The number of halogens is 1. The molecule has 33 heavy (non-hydrogen) atoms. The number of aryl methyl sites for hydroxylation is 1. The molecule has 3 aromatic carbocycles. The van der Waals surface area contributed by atoms with Gasteiger partial charge in [-0.25, -0.2) is 12.8 Å². The number of rotatable bonds is 6. The number of hydrazone groups is 1. The van der Waals surface area contributed by atoms with Gasteiger partial charge in [0, 0.05) is 12.1 Å². The second kappa shape index (κ2) is 8.60. The van der Waals surface area contributed by atoms with Gasteiger partial charge in [-0.2, -0.15) is 17.9 Å². The molecule has 0 spiro atoms. The monoisotopic (exact) mass is 487 g/mol. The predicted octanol–water partition coefficient (Wildman–Crippen LogP) is 4.05. The SMILES string of the molecule is Cc1ccc(C2CC(c3ccc(NS(C)(=O)=O)cc3)=NN2S(=O)(=O)c2ccc(F)cc2)cc1. The van der Waals surface area contributed by atoms with E-state index in [1.807, 2.05) is 31.2 Å². The summed E-state index contributed by atoms with van der Waals surface area (Å²) in [5, 5.41) is 4.44. The van der Waals surface area contributed by atoms with Crippen molar-refractivity contribution in [1.82, 2.24) is 4.41 Å². The number of nitrogens with one attached hydrogen (secondary N) is 1. The summed E-state index contributed by atoms with van der Waals surface area (Å²) < 4.78 is 66.5. The van der Waals surface area contributed by atoms with Gasteiger partial charge >= 0.3 is 0 Å². The Kier molecular flexibility index (Phi) is 5.98. The molecule has 0 fully saturated rings. The lowest BCUT2D eigenvalue weighted by Gasteiger charge is -2.23. The van der Waals surface area contributed by atoms with E-state index >= 15 is 0 Å². The molecular weight excluding hydrogens is 465 g/mol. The summed E-state index contributed by atoms with van der Waals surface area (Å²) in [5.74, 6) is -0.530. The van der Waals surface area contributed by atoms with Gasteiger partial charge in [-0.15, -0.1) is 0 Å². The number of sulfonamides is 2. The van der Waals surface area contributed by atoms with Crippen LogP contribution in [0.4, 0.5) is 10.1 Å². The minimum absolute atomic E-state index is 0.0567. The molecule has 0 bridgehead atoms. The normalized spacial score (nSPS) is 16.5. The van der Waals surface area contributed by atoms with E-state index in [-0.39, 0.29) is 4.90 Å². The highest BCUT2D eigenvalue weighted by Crippen LogP contribution is 2.37. The van der Waals surface area contributed by atoms with Crippen molar-refractivity contribution < 1.29 is 21.2 Å². The van der Waals surface area contributed by atoms with Crippen molar-refractivity contribution in [2.75, 3.05) is 11.0 Å². The van der Waals surface area contributed by atoms with Gasteiger partial charge in [-0.1, -0.05) is 42.0 Å². The minimum atomic E-state index is -4.05. The lowest BCUT2D eigenvalue weighted by molar-refractivity contribution is 0.371. The van der Waals surface area contributed by atoms with E-state index in [2.05, 4.69) is 9.82 Å². The average Bonchev–Trinajstić information content (AvgIpc) is 3.20. The molecule has 4 rings (SSSR count). The van der Waals surface area contributed by atoms with Crippen LogP contribution in [0.15, 0.2) is 82.8 Å². The summed E-state index contributed by atoms with van der Waals surface area (Å²) in [7, 11) is -7.46. The number of hydrogen-bond acceptors (Lipinski definition) is 5. The van der Waals surface area contributed by atoms with Crippen LogP contribution < -0.4 is 4.72 Å². The Balaban J connectivity index is 1.73. The zero-order valence-corrected chi connectivity index (χ0v) is 19.6. The van der Waals surface area contributed by atoms with Gasteiger partial charge in [-0.3, -0.25) is 4.72 Å². The summed E-state index contributed by atoms with van der Waals surface area (Å²) in [4.78, 5) is -0.0567. The van der Waals surface area contributed by atoms with Gasteiger partial charge in [0.2, 0.25) is 10.0 Å². The summed E-state index contributed by atoms with van der Waals surface area (Å²) in [6, 6.07) is 18.2. The van der Waals surface area contributed by atoms with Crippen LogP contribution in [0.1, 0.15) is 29.2 Å². The van der Waals surface area contributed by atoms with Crippen molar-refractivity contribution in [2.24, 2.45) is 5.10 Å². The molecule has 1 aliphatic rings. The Morgan fingerprint density at radius 2 is 1.52 bits per heavy atom. The lowest BCUT2D eigenvalue weighted by atomic mass is 9.98. The topological polar surface area (TPSA) is 95.9 Å². The van der Waals surface area contributed by atoms with Gasteiger partial charge in [0.15, 0.2) is 0 Å². The van der Waals surface area contributed by atoms with Crippen LogP contribution in [0, 0.1) is 12.7 Å². The smallest absolute Gasteiger partial charge is 0.279 e. The van der Waals surface area contributed by atoms with E-state index in [1.54, 1.807) is 24.3 Å². The first-order valence-corrected chi connectivity index (χ1v) is 13.4. The van der Waals surface area contributed by atoms with Crippen LogP contribution in [0.5, 0.6) is 0 Å². The molecule has 0 aliphatic carbocycles. The van der Waals surface area contributed by atoms with Gasteiger partial charge in [0.1, 0.15) is 5.82 Å². The van der Waals surface area contributed by atoms with Gasteiger partial charge in [0.25, 0.3) is 10.0 Å². The first kappa shape index (κ1) is 22.9. The van der Waals surface area contributed by atoms with Crippen LogP contribution >= 0.6 is 0 Å². The van der Waals surface area contributed by atoms with Crippen molar-refractivity contribution in [3.63, 3.8) is 0 Å². The molecular formula is C23H22FN3O4S2. The van der Waals surface area contributed by atoms with Crippen LogP contribution in [0.25, 0.3) is 0 Å². The van der Waals surface area contributed by atoms with Crippen molar-refractivity contribution >= 4 is 31.4 Å². The Bertz CT molecular complexity index is 1400. The first-order valence-electron chi connectivity index (χ1n) is 10.1. The largest absolute Gasteiger partial charge is 0.284 e. The van der Waals surface area contributed by atoms with E-state index in [9.17, 15) is 21.2 Å². The predicted molar refractivity (Wildman–Crippen MR) is 125 cm³/mol. The second-order valence-electron chi connectivity index (χ2n) is 7.86. The molecule has 0 saturated heterocycles. The third-order valence-corrected chi connectivity index (χ3v) is 7.52. The highest BCUT2D eigenvalue weighted by atomic mass is 32.2. The molecule has 0 aromatic heterocycles. The number of benzene rings is 3. The fraction of sp³-hybridized carbons (Fsp3) is 0.174. The molecule has 3 aromatic rings. The first-order chi connectivity index (χ1) is 15.5. The highest BCUT2D eigenvalue weighted by molar-refractivity contribution is 7.92. The summed E-state index contributed by atoms with van der Waals surface area (Å²) in [5.41, 5.74) is 3.42. The summed E-state index contributed by atoms with van der Waals surface area (Å²) in [6.45, 7) is 1.94. The third-order valence-electron chi connectivity index (χ3n) is 5.21. The number of hydrogen-bond donors (Lipinski definition) is 1. The van der Waals surface area contributed by atoms with Gasteiger partial charge in [-0.05, 0) is 54.4 Å². The quantitative estimate of drug-likeness (QED) is 0.568. The number of nitrogens with zero attached hydrogens (tertiary/aromatic N) is 2. The van der Waals surface area contributed by atoms with E-state index in [4.69, 9.17) is 0 Å². The molecule has 0 amide bonds. The Labute approximate surface area is 192 Å². The highest BCUT2D eigenvalue weighted by Gasteiger charge is 2.37. The molecule has 0 radical (unpaired) electrons. The molecule has 1 unspecified atom stereocenters. The van der Waals surface area contributed by atoms with Gasteiger partial charge in [0.05, 0.1) is 22.9 Å². The van der Waals surface area contributed by atoms with E-state index < -0.39 is 31.9 Å². The maximum atomic E-state index is 13.4. The molecule has 0 saturated carbocycles. The summed E-state index contributed by atoms with van der Waals surface area (Å²) >= 11 is 0. The van der Waals surface area contributed by atoms with Crippen LogP contribution in [0.2, 0.25) is 0 Å².